The van der Waals surface area contributed by atoms with Gasteiger partial charge in [0.05, 0.1) is 12.9 Å². The van der Waals surface area contributed by atoms with Crippen LogP contribution in [0.1, 0.15) is 22.8 Å². The minimum atomic E-state index is -0.555. The predicted octanol–water partition coefficient (Wildman–Crippen LogP) is 5.23. The predicted molar refractivity (Wildman–Crippen MR) is 92.5 cm³/mol. The lowest BCUT2D eigenvalue weighted by Gasteiger charge is -2.23. The van der Waals surface area contributed by atoms with Gasteiger partial charge in [-0.2, -0.15) is 0 Å². The molecule has 118 valence electrons. The van der Waals surface area contributed by atoms with E-state index in [9.17, 15) is 0 Å². The van der Waals surface area contributed by atoms with Gasteiger partial charge in [-0.3, -0.25) is 0 Å². The first-order chi connectivity index (χ1) is 11.2. The Hall–Kier alpha value is -1.81. The highest BCUT2D eigenvalue weighted by Crippen LogP contribution is 2.33. The number of imidazole rings is 1. The summed E-state index contributed by atoms with van der Waals surface area (Å²) in [5, 5.41) is 0.662. The molecule has 0 saturated carbocycles. The number of halogens is 2. The van der Waals surface area contributed by atoms with Crippen LogP contribution in [0.2, 0.25) is 5.02 Å². The van der Waals surface area contributed by atoms with Gasteiger partial charge in [0.25, 0.3) is 0 Å². The summed E-state index contributed by atoms with van der Waals surface area (Å²) in [6.07, 6.45) is 5.09. The van der Waals surface area contributed by atoms with Crippen LogP contribution in [-0.4, -0.2) is 9.55 Å². The number of hydrogen-bond acceptors (Lipinski definition) is 2. The number of hydrogen-bond donors (Lipinski definition) is 0. The summed E-state index contributed by atoms with van der Waals surface area (Å²) in [5.74, 6) is 0. The third-order valence-corrected chi connectivity index (χ3v) is 4.23. The van der Waals surface area contributed by atoms with Crippen molar-refractivity contribution >= 4 is 23.2 Å². The number of rotatable bonds is 6. The third-order valence-electron chi connectivity index (χ3n) is 3.53. The van der Waals surface area contributed by atoms with Crippen LogP contribution in [0, 0.1) is 0 Å². The van der Waals surface area contributed by atoms with Crippen LogP contribution in [0.3, 0.4) is 0 Å². The van der Waals surface area contributed by atoms with E-state index in [1.807, 2.05) is 65.4 Å². The normalized spacial score (nSPS) is 13.7. The van der Waals surface area contributed by atoms with Gasteiger partial charge >= 0.3 is 0 Å². The van der Waals surface area contributed by atoms with Crippen molar-refractivity contribution in [3.8, 4) is 0 Å². The van der Waals surface area contributed by atoms with Gasteiger partial charge in [-0.15, -0.1) is 0 Å². The topological polar surface area (TPSA) is 27.1 Å². The largest absolute Gasteiger partial charge is 0.348 e. The molecule has 0 aliphatic carbocycles. The van der Waals surface area contributed by atoms with Crippen molar-refractivity contribution in [2.24, 2.45) is 0 Å². The molecule has 5 heteroatoms. The van der Waals surface area contributed by atoms with E-state index in [0.29, 0.717) is 11.6 Å². The summed E-state index contributed by atoms with van der Waals surface area (Å²) < 4.78 is 8.06. The average Bonchev–Trinajstić information content (AvgIpc) is 3.08. The van der Waals surface area contributed by atoms with Gasteiger partial charge in [0.1, 0.15) is 6.10 Å². The maximum Gasteiger partial charge on any atom is 0.157 e. The zero-order chi connectivity index (χ0) is 16.1. The summed E-state index contributed by atoms with van der Waals surface area (Å²) in [7, 11) is 0. The van der Waals surface area contributed by atoms with E-state index in [2.05, 4.69) is 4.98 Å². The summed E-state index contributed by atoms with van der Waals surface area (Å²) in [6, 6.07) is 17.4. The Morgan fingerprint density at radius 2 is 1.78 bits per heavy atom. The second-order valence-electron chi connectivity index (χ2n) is 5.13. The maximum atomic E-state index is 6.45. The number of aromatic nitrogens is 2. The summed E-state index contributed by atoms with van der Waals surface area (Å²) in [5.41, 5.74) is 1.27. The molecule has 3 rings (SSSR count). The van der Waals surface area contributed by atoms with Gasteiger partial charge in [0.15, 0.2) is 5.56 Å². The zero-order valence-electron chi connectivity index (χ0n) is 12.3. The fourth-order valence-electron chi connectivity index (χ4n) is 2.36. The van der Waals surface area contributed by atoms with Crippen LogP contribution in [-0.2, 0) is 11.3 Å². The molecule has 1 aromatic heterocycles. The molecule has 0 aliphatic heterocycles. The van der Waals surface area contributed by atoms with E-state index >= 15 is 0 Å². The molecule has 0 spiro atoms. The minimum Gasteiger partial charge on any atom is -0.348 e. The van der Waals surface area contributed by atoms with Crippen molar-refractivity contribution in [3.05, 3.63) is 89.5 Å². The molecule has 3 nitrogen and oxygen atoms in total. The van der Waals surface area contributed by atoms with Crippen LogP contribution in [0.4, 0.5) is 0 Å². The Labute approximate surface area is 145 Å². The van der Waals surface area contributed by atoms with E-state index in [4.69, 9.17) is 27.9 Å². The fourth-order valence-corrected chi connectivity index (χ4v) is 2.89. The Morgan fingerprint density at radius 3 is 2.48 bits per heavy atom. The lowest BCUT2D eigenvalue weighted by Crippen LogP contribution is -2.14. The molecule has 2 atom stereocenters. The number of benzene rings is 2. The van der Waals surface area contributed by atoms with Crippen molar-refractivity contribution < 1.29 is 4.74 Å². The molecule has 0 fully saturated rings. The highest BCUT2D eigenvalue weighted by molar-refractivity contribution is 6.31. The highest BCUT2D eigenvalue weighted by Gasteiger charge is 2.20. The van der Waals surface area contributed by atoms with E-state index in [-0.39, 0.29) is 6.10 Å². The average molecular weight is 347 g/mol. The van der Waals surface area contributed by atoms with Gasteiger partial charge in [-0.05, 0) is 11.6 Å². The zero-order valence-corrected chi connectivity index (χ0v) is 13.9. The second kappa shape index (κ2) is 7.64. The first kappa shape index (κ1) is 16.1. The lowest BCUT2D eigenvalue weighted by atomic mass is 10.1. The number of ether oxygens (including phenoxy) is 1. The van der Waals surface area contributed by atoms with Crippen molar-refractivity contribution in [1.82, 2.24) is 9.55 Å². The molecule has 0 amide bonds. The monoisotopic (exact) mass is 346 g/mol. The summed E-state index contributed by atoms with van der Waals surface area (Å²) >= 11 is 12.8. The highest BCUT2D eigenvalue weighted by atomic mass is 35.5. The molecular weight excluding hydrogens is 331 g/mol. The fraction of sp³-hybridized carbons (Fsp3) is 0.167. The Balaban J connectivity index is 1.84. The quantitative estimate of drug-likeness (QED) is 0.571. The van der Waals surface area contributed by atoms with Crippen LogP contribution >= 0.6 is 23.2 Å². The molecule has 2 unspecified atom stereocenters. The summed E-state index contributed by atoms with van der Waals surface area (Å²) in [4.78, 5) is 4.07. The Bertz CT molecular complexity index is 732. The van der Waals surface area contributed by atoms with Gasteiger partial charge in [-0.1, -0.05) is 71.7 Å². The standard InChI is InChI=1S/C18H16Cl2N2O/c19-16-9-5-4-8-15(16)17(12-22-11-10-21-13-22)23-18(20)14-6-2-1-3-7-14/h1-11,13,17-18H,12H2. The van der Waals surface area contributed by atoms with Gasteiger partial charge in [0, 0.05) is 23.0 Å². The van der Waals surface area contributed by atoms with Gasteiger partial charge in [-0.25, -0.2) is 4.98 Å². The molecular formula is C18H16Cl2N2O. The first-order valence-corrected chi connectivity index (χ1v) is 8.10. The SMILES string of the molecule is Clc1ccccc1C(Cn1ccnc1)OC(Cl)c1ccccc1. The van der Waals surface area contributed by atoms with Gasteiger partial charge in [0.2, 0.25) is 0 Å². The molecule has 1 heterocycles. The van der Waals surface area contributed by atoms with Crippen molar-refractivity contribution in [3.63, 3.8) is 0 Å². The second-order valence-corrected chi connectivity index (χ2v) is 5.94. The van der Waals surface area contributed by atoms with Crippen molar-refractivity contribution in [2.75, 3.05) is 0 Å². The van der Waals surface area contributed by atoms with Crippen LogP contribution in [0.15, 0.2) is 73.3 Å². The summed E-state index contributed by atoms with van der Waals surface area (Å²) in [6.45, 7) is 0.583. The van der Waals surface area contributed by atoms with E-state index in [1.54, 1.807) is 12.5 Å². The van der Waals surface area contributed by atoms with E-state index in [0.717, 1.165) is 11.1 Å². The first-order valence-electron chi connectivity index (χ1n) is 7.28. The van der Waals surface area contributed by atoms with E-state index in [1.165, 1.54) is 0 Å². The molecule has 0 bridgehead atoms. The van der Waals surface area contributed by atoms with Crippen LogP contribution in [0.5, 0.6) is 0 Å². The Morgan fingerprint density at radius 1 is 1.04 bits per heavy atom. The van der Waals surface area contributed by atoms with Crippen molar-refractivity contribution in [2.45, 2.75) is 18.2 Å². The maximum absolute atomic E-state index is 6.45. The van der Waals surface area contributed by atoms with Crippen LogP contribution < -0.4 is 0 Å². The van der Waals surface area contributed by atoms with Crippen LogP contribution in [0.25, 0.3) is 0 Å². The van der Waals surface area contributed by atoms with Gasteiger partial charge < -0.3 is 9.30 Å². The number of nitrogens with zero attached hydrogens (tertiary/aromatic N) is 2. The third kappa shape index (κ3) is 4.14. The molecule has 23 heavy (non-hydrogen) atoms. The molecule has 0 aliphatic rings. The lowest BCUT2D eigenvalue weighted by molar-refractivity contribution is 0.0182. The molecule has 3 aromatic rings. The smallest absolute Gasteiger partial charge is 0.157 e. The Kier molecular flexibility index (Phi) is 5.34. The molecule has 0 saturated heterocycles. The minimum absolute atomic E-state index is 0.277. The van der Waals surface area contributed by atoms with E-state index < -0.39 is 5.56 Å². The molecule has 0 N–H and O–H groups in total. The molecule has 2 aromatic carbocycles. The number of alkyl halides is 1. The van der Waals surface area contributed by atoms with Crippen molar-refractivity contribution in [1.29, 1.82) is 0 Å². The molecule has 0 radical (unpaired) electrons.